The molecule has 18 heavy (non-hydrogen) atoms. The van der Waals surface area contributed by atoms with Crippen LogP contribution in [0.1, 0.15) is 26.7 Å². The Morgan fingerprint density at radius 3 is 2.67 bits per heavy atom. The third-order valence-corrected chi connectivity index (χ3v) is 5.59. The monoisotopic (exact) mass is 352 g/mol. The zero-order valence-corrected chi connectivity index (χ0v) is 13.2. The molecule has 1 N–H and O–H groups in total. The van der Waals surface area contributed by atoms with Crippen LogP contribution in [0.4, 0.5) is 0 Å². The van der Waals surface area contributed by atoms with Gasteiger partial charge in [0.1, 0.15) is 10.0 Å². The van der Waals surface area contributed by atoms with E-state index < -0.39 is 15.6 Å². The second-order valence-electron chi connectivity index (χ2n) is 5.04. The zero-order chi connectivity index (χ0) is 13.6. The lowest BCUT2D eigenvalue weighted by atomic mass is 10.0. The Balaban J connectivity index is 2.33. The molecule has 0 spiro atoms. The van der Waals surface area contributed by atoms with Crippen molar-refractivity contribution >= 4 is 37.6 Å². The molecule has 0 unspecified atom stereocenters. The number of nitrogens with zero attached hydrogens (tertiary/aromatic N) is 1. The highest BCUT2D eigenvalue weighted by Crippen LogP contribution is 2.40. The molecule has 1 aliphatic carbocycles. The molecule has 0 bridgehead atoms. The standard InChI is InChI=1S/C11H14BrClN2O2S/c1-11(2,7-3-4-7)15-18(16,17)9-5-8(12)6-14-10(9)13/h5-7,15H,3-4H2,1-2H3. The van der Waals surface area contributed by atoms with Crippen molar-refractivity contribution < 1.29 is 8.42 Å². The van der Waals surface area contributed by atoms with Crippen LogP contribution in [0.25, 0.3) is 0 Å². The van der Waals surface area contributed by atoms with Gasteiger partial charge in [0.25, 0.3) is 0 Å². The van der Waals surface area contributed by atoms with Crippen molar-refractivity contribution in [2.24, 2.45) is 5.92 Å². The van der Waals surface area contributed by atoms with E-state index in [0.29, 0.717) is 10.4 Å². The molecule has 0 radical (unpaired) electrons. The fourth-order valence-corrected chi connectivity index (χ4v) is 4.30. The van der Waals surface area contributed by atoms with Crippen LogP contribution < -0.4 is 4.72 Å². The van der Waals surface area contributed by atoms with Crippen molar-refractivity contribution in [2.75, 3.05) is 0 Å². The third kappa shape index (κ3) is 3.04. The molecule has 1 saturated carbocycles. The predicted molar refractivity (Wildman–Crippen MR) is 74.1 cm³/mol. The second-order valence-corrected chi connectivity index (χ2v) is 7.97. The number of aromatic nitrogens is 1. The van der Waals surface area contributed by atoms with Gasteiger partial charge < -0.3 is 0 Å². The number of pyridine rings is 1. The summed E-state index contributed by atoms with van der Waals surface area (Å²) in [6.45, 7) is 3.78. The molecule has 1 heterocycles. The Morgan fingerprint density at radius 2 is 2.11 bits per heavy atom. The van der Waals surface area contributed by atoms with Crippen LogP contribution in [0.2, 0.25) is 5.15 Å². The van der Waals surface area contributed by atoms with E-state index in [1.54, 1.807) is 0 Å². The fraction of sp³-hybridized carbons (Fsp3) is 0.545. The summed E-state index contributed by atoms with van der Waals surface area (Å²) < 4.78 is 27.9. The SMILES string of the molecule is CC(C)(NS(=O)(=O)c1cc(Br)cnc1Cl)C1CC1. The van der Waals surface area contributed by atoms with Crippen molar-refractivity contribution in [3.8, 4) is 0 Å². The van der Waals surface area contributed by atoms with Gasteiger partial charge in [0.05, 0.1) is 0 Å². The molecular formula is C11H14BrClN2O2S. The van der Waals surface area contributed by atoms with E-state index in [4.69, 9.17) is 11.6 Å². The largest absolute Gasteiger partial charge is 0.244 e. The van der Waals surface area contributed by atoms with Gasteiger partial charge in [-0.15, -0.1) is 0 Å². The van der Waals surface area contributed by atoms with Gasteiger partial charge in [-0.25, -0.2) is 18.1 Å². The fourth-order valence-electron chi connectivity index (χ4n) is 1.88. The Labute approximate surface area is 120 Å². The van der Waals surface area contributed by atoms with Crippen LogP contribution in [0.15, 0.2) is 21.6 Å². The zero-order valence-electron chi connectivity index (χ0n) is 10.1. The molecule has 0 amide bonds. The summed E-state index contributed by atoms with van der Waals surface area (Å²) in [4.78, 5) is 3.84. The lowest BCUT2D eigenvalue weighted by molar-refractivity contribution is 0.400. The molecule has 1 aliphatic rings. The molecule has 2 rings (SSSR count). The van der Waals surface area contributed by atoms with E-state index in [9.17, 15) is 8.42 Å². The molecule has 100 valence electrons. The van der Waals surface area contributed by atoms with E-state index in [2.05, 4.69) is 25.6 Å². The van der Waals surface area contributed by atoms with Crippen LogP contribution in [-0.4, -0.2) is 18.9 Å². The first-order chi connectivity index (χ1) is 8.22. The topological polar surface area (TPSA) is 59.1 Å². The van der Waals surface area contributed by atoms with Gasteiger partial charge in [-0.3, -0.25) is 0 Å². The van der Waals surface area contributed by atoms with Crippen molar-refractivity contribution in [3.05, 3.63) is 21.9 Å². The van der Waals surface area contributed by atoms with Gasteiger partial charge in [0, 0.05) is 16.2 Å². The number of sulfonamides is 1. The number of hydrogen-bond acceptors (Lipinski definition) is 3. The first-order valence-electron chi connectivity index (χ1n) is 5.57. The van der Waals surface area contributed by atoms with Gasteiger partial charge in [0.15, 0.2) is 0 Å². The molecule has 0 aliphatic heterocycles. The summed E-state index contributed by atoms with van der Waals surface area (Å²) in [6.07, 6.45) is 3.58. The maximum Gasteiger partial charge on any atom is 0.244 e. The Hall–Kier alpha value is -0.170. The molecule has 0 aromatic carbocycles. The molecule has 7 heteroatoms. The van der Waals surface area contributed by atoms with Crippen molar-refractivity contribution in [1.82, 2.24) is 9.71 Å². The Kier molecular flexibility index (Phi) is 3.75. The normalized spacial score (nSPS) is 16.9. The molecule has 1 fully saturated rings. The summed E-state index contributed by atoms with van der Waals surface area (Å²) in [6, 6.07) is 1.46. The van der Waals surface area contributed by atoms with Crippen LogP contribution in [0, 0.1) is 5.92 Å². The lowest BCUT2D eigenvalue weighted by Gasteiger charge is -2.25. The average molecular weight is 354 g/mol. The summed E-state index contributed by atoms with van der Waals surface area (Å²) in [5, 5.41) is -0.0164. The number of nitrogens with one attached hydrogen (secondary N) is 1. The minimum atomic E-state index is -3.65. The molecule has 0 saturated heterocycles. The summed E-state index contributed by atoms with van der Waals surface area (Å²) in [5.41, 5.74) is -0.454. The predicted octanol–water partition coefficient (Wildman–Crippen LogP) is 2.96. The van der Waals surface area contributed by atoms with Gasteiger partial charge in [-0.05, 0) is 54.6 Å². The number of rotatable bonds is 4. The van der Waals surface area contributed by atoms with E-state index in [1.165, 1.54) is 12.3 Å². The first-order valence-corrected chi connectivity index (χ1v) is 8.23. The van der Waals surface area contributed by atoms with Crippen LogP contribution in [0.5, 0.6) is 0 Å². The molecular weight excluding hydrogens is 340 g/mol. The summed E-state index contributed by atoms with van der Waals surface area (Å²) >= 11 is 9.05. The van der Waals surface area contributed by atoms with Crippen molar-refractivity contribution in [3.63, 3.8) is 0 Å². The molecule has 1 aromatic rings. The minimum absolute atomic E-state index is 0.00673. The van der Waals surface area contributed by atoms with Gasteiger partial charge in [-0.1, -0.05) is 11.6 Å². The van der Waals surface area contributed by atoms with Crippen molar-refractivity contribution in [1.29, 1.82) is 0 Å². The number of halogens is 2. The van der Waals surface area contributed by atoms with Gasteiger partial charge >= 0.3 is 0 Å². The highest BCUT2D eigenvalue weighted by molar-refractivity contribution is 9.10. The minimum Gasteiger partial charge on any atom is -0.242 e. The van der Waals surface area contributed by atoms with Gasteiger partial charge in [0.2, 0.25) is 10.0 Å². The van der Waals surface area contributed by atoms with E-state index in [0.717, 1.165) is 12.8 Å². The quantitative estimate of drug-likeness (QED) is 0.847. The lowest BCUT2D eigenvalue weighted by Crippen LogP contribution is -2.45. The molecule has 0 atom stereocenters. The molecule has 1 aromatic heterocycles. The van der Waals surface area contributed by atoms with E-state index >= 15 is 0 Å². The van der Waals surface area contributed by atoms with E-state index in [-0.39, 0.29) is 10.0 Å². The third-order valence-electron chi connectivity index (χ3n) is 3.06. The van der Waals surface area contributed by atoms with Crippen LogP contribution >= 0.6 is 27.5 Å². The average Bonchev–Trinajstić information content (AvgIpc) is 3.03. The van der Waals surface area contributed by atoms with E-state index in [1.807, 2.05) is 13.8 Å². The maximum atomic E-state index is 12.3. The molecule has 4 nitrogen and oxygen atoms in total. The Bertz CT molecular complexity index is 570. The van der Waals surface area contributed by atoms with Crippen molar-refractivity contribution in [2.45, 2.75) is 37.1 Å². The highest BCUT2D eigenvalue weighted by atomic mass is 79.9. The van der Waals surface area contributed by atoms with Gasteiger partial charge in [-0.2, -0.15) is 0 Å². The Morgan fingerprint density at radius 1 is 1.50 bits per heavy atom. The summed E-state index contributed by atoms with van der Waals surface area (Å²) in [7, 11) is -3.65. The second kappa shape index (κ2) is 4.74. The maximum absolute atomic E-state index is 12.3. The summed E-state index contributed by atoms with van der Waals surface area (Å²) in [5.74, 6) is 0.395. The smallest absolute Gasteiger partial charge is 0.242 e. The first kappa shape index (κ1) is 14.2. The number of hydrogen-bond donors (Lipinski definition) is 1. The highest BCUT2D eigenvalue weighted by Gasteiger charge is 2.41. The van der Waals surface area contributed by atoms with Crippen LogP contribution in [0.3, 0.4) is 0 Å². The van der Waals surface area contributed by atoms with Crippen LogP contribution in [-0.2, 0) is 10.0 Å².